The van der Waals surface area contributed by atoms with Crippen LogP contribution in [0.5, 0.6) is 0 Å². The fourth-order valence-corrected chi connectivity index (χ4v) is 9.77. The third-order valence-corrected chi connectivity index (χ3v) is 13.4. The molecule has 13 rings (SSSR count). The number of para-hydroxylation sites is 1. The van der Waals surface area contributed by atoms with Crippen molar-refractivity contribution in [3.63, 3.8) is 0 Å². The third-order valence-electron chi connectivity index (χ3n) is 13.4. The van der Waals surface area contributed by atoms with E-state index in [0.717, 1.165) is 77.6 Å². The van der Waals surface area contributed by atoms with Crippen LogP contribution in [0.4, 0.5) is 0 Å². The van der Waals surface area contributed by atoms with Crippen LogP contribution in [-0.2, 0) is 0 Å². The number of nitrogens with zero attached hydrogens (tertiary/aromatic N) is 3. The predicted octanol–water partition coefficient (Wildman–Crippen LogP) is 17.4. The summed E-state index contributed by atoms with van der Waals surface area (Å²) in [6.07, 6.45) is 0. The van der Waals surface area contributed by atoms with Crippen molar-refractivity contribution < 1.29 is 4.42 Å². The van der Waals surface area contributed by atoms with E-state index in [4.69, 9.17) is 19.4 Å². The van der Waals surface area contributed by atoms with Crippen LogP contribution in [0.1, 0.15) is 0 Å². The van der Waals surface area contributed by atoms with Gasteiger partial charge < -0.3 is 4.42 Å². The number of furan rings is 1. The van der Waals surface area contributed by atoms with Crippen molar-refractivity contribution in [2.24, 2.45) is 0 Å². The Bertz CT molecular complexity index is 4060. The first kappa shape index (κ1) is 40.1. The van der Waals surface area contributed by atoms with Crippen LogP contribution in [0.3, 0.4) is 0 Å². The Labute approximate surface area is 399 Å². The number of hydrogen-bond acceptors (Lipinski definition) is 4. The topological polar surface area (TPSA) is 51.8 Å². The molecule has 0 amide bonds. The fourth-order valence-electron chi connectivity index (χ4n) is 9.77. The summed E-state index contributed by atoms with van der Waals surface area (Å²) >= 11 is 0. The van der Waals surface area contributed by atoms with Gasteiger partial charge in [-0.15, -0.1) is 0 Å². The molecule has 322 valence electrons. The molecule has 11 aromatic carbocycles. The van der Waals surface area contributed by atoms with Crippen molar-refractivity contribution in [2.45, 2.75) is 0 Å². The van der Waals surface area contributed by atoms with E-state index in [2.05, 4.69) is 237 Å². The van der Waals surface area contributed by atoms with Crippen molar-refractivity contribution in [3.05, 3.63) is 249 Å². The highest BCUT2D eigenvalue weighted by atomic mass is 16.3. The van der Waals surface area contributed by atoms with Crippen LogP contribution >= 0.6 is 0 Å². The average molecular weight is 880 g/mol. The van der Waals surface area contributed by atoms with E-state index in [0.29, 0.717) is 17.5 Å². The van der Waals surface area contributed by atoms with E-state index in [1.807, 2.05) is 12.1 Å². The molecule has 0 aliphatic heterocycles. The molecule has 13 aromatic rings. The lowest BCUT2D eigenvalue weighted by Crippen LogP contribution is -2.01. The van der Waals surface area contributed by atoms with Crippen LogP contribution in [0.2, 0.25) is 0 Å². The Kier molecular flexibility index (Phi) is 9.80. The van der Waals surface area contributed by atoms with E-state index in [9.17, 15) is 0 Å². The SMILES string of the molecule is c1ccc(-c2ccc(-c3nc(-c4ccc(-c5cccc6ccccc56)cc4)nc(-c4cccc(-c5ccc(-c6ccc7ccccc7c6)cc5)c4)n3)c(-c3ccc4oc5ccccc5c4c3)c2)cc1. The lowest BCUT2D eigenvalue weighted by Gasteiger charge is -2.15. The highest BCUT2D eigenvalue weighted by Gasteiger charge is 2.19. The zero-order chi connectivity index (χ0) is 45.7. The van der Waals surface area contributed by atoms with Crippen LogP contribution in [0.25, 0.3) is 133 Å². The Morgan fingerprint density at radius 2 is 0.739 bits per heavy atom. The van der Waals surface area contributed by atoms with Crippen molar-refractivity contribution in [2.75, 3.05) is 0 Å². The zero-order valence-electron chi connectivity index (χ0n) is 37.4. The monoisotopic (exact) mass is 879 g/mol. The Morgan fingerprint density at radius 1 is 0.217 bits per heavy atom. The van der Waals surface area contributed by atoms with Crippen LogP contribution in [0, 0.1) is 0 Å². The molecule has 0 unspecified atom stereocenters. The van der Waals surface area contributed by atoms with E-state index in [1.165, 1.54) is 38.2 Å². The molecule has 0 bridgehead atoms. The van der Waals surface area contributed by atoms with Crippen molar-refractivity contribution in [3.8, 4) is 89.8 Å². The Morgan fingerprint density at radius 3 is 1.57 bits per heavy atom. The van der Waals surface area contributed by atoms with Gasteiger partial charge in [-0.3, -0.25) is 0 Å². The summed E-state index contributed by atoms with van der Waals surface area (Å²) < 4.78 is 6.29. The summed E-state index contributed by atoms with van der Waals surface area (Å²) in [6, 6.07) is 87.9. The molecular weight excluding hydrogens is 839 g/mol. The highest BCUT2D eigenvalue weighted by Crippen LogP contribution is 2.40. The van der Waals surface area contributed by atoms with Gasteiger partial charge in [0.15, 0.2) is 17.5 Å². The number of aromatic nitrogens is 3. The maximum atomic E-state index is 6.29. The fraction of sp³-hybridized carbons (Fsp3) is 0. The van der Waals surface area contributed by atoms with E-state index in [1.54, 1.807) is 0 Å². The second-order valence-electron chi connectivity index (χ2n) is 17.6. The van der Waals surface area contributed by atoms with Crippen LogP contribution in [-0.4, -0.2) is 15.0 Å². The number of rotatable bonds is 8. The summed E-state index contributed by atoms with van der Waals surface area (Å²) in [5, 5.41) is 7.04. The van der Waals surface area contributed by atoms with Gasteiger partial charge in [0, 0.05) is 27.5 Å². The molecule has 0 saturated carbocycles. The summed E-state index contributed by atoms with van der Waals surface area (Å²) in [6.45, 7) is 0. The lowest BCUT2D eigenvalue weighted by atomic mass is 9.93. The van der Waals surface area contributed by atoms with E-state index >= 15 is 0 Å². The van der Waals surface area contributed by atoms with Gasteiger partial charge in [-0.25, -0.2) is 15.0 Å². The van der Waals surface area contributed by atoms with Gasteiger partial charge in [0.2, 0.25) is 0 Å². The minimum Gasteiger partial charge on any atom is -0.456 e. The molecule has 0 fully saturated rings. The van der Waals surface area contributed by atoms with Crippen molar-refractivity contribution in [1.82, 2.24) is 15.0 Å². The van der Waals surface area contributed by atoms with Gasteiger partial charge in [-0.05, 0) is 120 Å². The van der Waals surface area contributed by atoms with Crippen LogP contribution < -0.4 is 0 Å². The molecule has 2 heterocycles. The molecular formula is C65H41N3O. The van der Waals surface area contributed by atoms with E-state index in [-0.39, 0.29) is 0 Å². The van der Waals surface area contributed by atoms with Gasteiger partial charge in [-0.1, -0.05) is 206 Å². The molecule has 0 N–H and O–H groups in total. The number of fused-ring (bicyclic) bond motifs is 5. The Hall–Kier alpha value is -9.25. The van der Waals surface area contributed by atoms with Crippen molar-refractivity contribution in [1.29, 1.82) is 0 Å². The summed E-state index contributed by atoms with van der Waals surface area (Å²) in [7, 11) is 0. The molecule has 0 spiro atoms. The smallest absolute Gasteiger partial charge is 0.164 e. The van der Waals surface area contributed by atoms with Gasteiger partial charge in [-0.2, -0.15) is 0 Å². The predicted molar refractivity (Wildman–Crippen MR) is 286 cm³/mol. The van der Waals surface area contributed by atoms with E-state index < -0.39 is 0 Å². The van der Waals surface area contributed by atoms with Gasteiger partial charge in [0.05, 0.1) is 0 Å². The first-order valence-electron chi connectivity index (χ1n) is 23.3. The number of hydrogen-bond donors (Lipinski definition) is 0. The molecule has 0 radical (unpaired) electrons. The maximum Gasteiger partial charge on any atom is 0.164 e. The molecule has 2 aromatic heterocycles. The quantitative estimate of drug-likeness (QED) is 0.153. The molecule has 4 nitrogen and oxygen atoms in total. The molecule has 69 heavy (non-hydrogen) atoms. The summed E-state index contributed by atoms with van der Waals surface area (Å²) in [4.78, 5) is 16.0. The molecule has 0 aliphatic rings. The van der Waals surface area contributed by atoms with Gasteiger partial charge >= 0.3 is 0 Å². The normalized spacial score (nSPS) is 11.5. The second kappa shape index (κ2) is 16.9. The first-order chi connectivity index (χ1) is 34.1. The largest absolute Gasteiger partial charge is 0.456 e. The lowest BCUT2D eigenvalue weighted by molar-refractivity contribution is 0.669. The molecule has 0 aliphatic carbocycles. The van der Waals surface area contributed by atoms with Gasteiger partial charge in [0.25, 0.3) is 0 Å². The third kappa shape index (κ3) is 7.51. The average Bonchev–Trinajstić information content (AvgIpc) is 3.81. The second-order valence-corrected chi connectivity index (χ2v) is 17.6. The molecule has 0 saturated heterocycles. The minimum atomic E-state index is 0.588. The summed E-state index contributed by atoms with van der Waals surface area (Å²) in [5.74, 6) is 1.78. The van der Waals surface area contributed by atoms with Crippen molar-refractivity contribution >= 4 is 43.5 Å². The number of benzene rings is 11. The van der Waals surface area contributed by atoms with Gasteiger partial charge in [0.1, 0.15) is 11.2 Å². The van der Waals surface area contributed by atoms with Crippen LogP contribution in [0.15, 0.2) is 253 Å². The maximum absolute atomic E-state index is 6.29. The summed E-state index contributed by atoms with van der Waals surface area (Å²) in [5.41, 5.74) is 15.6. The zero-order valence-corrected chi connectivity index (χ0v) is 37.4. The highest BCUT2D eigenvalue weighted by molar-refractivity contribution is 6.07. The Balaban J connectivity index is 0.953. The standard InChI is InChI=1S/C65H41N3O/c1-2-12-42(13-3-1)52-34-36-58(59(40-52)53-35-37-62-60(41-53)57-21-8-9-23-61(57)69-62)65-67-63(48-31-29-47(30-32-48)56-22-11-17-46-15-6-7-20-55(46)56)66-64(68-65)54-19-10-18-50(39-54)44-24-26-45(27-25-44)51-33-28-43-14-4-5-16-49(43)38-51/h1-41H. The molecule has 4 heteroatoms. The minimum absolute atomic E-state index is 0.588. The molecule has 0 atom stereocenters. The first-order valence-corrected chi connectivity index (χ1v) is 23.3.